The molecule has 242 valence electrons. The van der Waals surface area contributed by atoms with Crippen molar-refractivity contribution in [1.29, 1.82) is 0 Å². The van der Waals surface area contributed by atoms with Gasteiger partial charge in [-0.05, 0) is 104 Å². The van der Waals surface area contributed by atoms with Gasteiger partial charge in [0.1, 0.15) is 0 Å². The van der Waals surface area contributed by atoms with Crippen molar-refractivity contribution in [3.05, 3.63) is 66.5 Å². The molecule has 0 bridgehead atoms. The molecule has 47 heavy (non-hydrogen) atoms. The van der Waals surface area contributed by atoms with Crippen LogP contribution >= 0.6 is 70.7 Å². The molecule has 6 aromatic rings. The Morgan fingerprint density at radius 2 is 0.957 bits per heavy atom. The standard InChI is InChI=1S/C31H28N6O4S6/c38-26(32-16-1-6-20-23(13-16)45-29(42)35-20)9-4-19(5-10-27(39)33-17-2-7-21-24(14-17)46-30(43)36-21)41-12-11-28(40)34-18-3-8-22-25(15-18)47-31(44)37-22/h1-3,6-8,13-15,19H,4-5,9-12H2,(H,32,38)(H,33,39)(H,34,40)(H,35,42)(H,36,43)(H,37,44). The van der Waals surface area contributed by atoms with E-state index >= 15 is 0 Å². The van der Waals surface area contributed by atoms with Crippen LogP contribution in [0.4, 0.5) is 17.1 Å². The van der Waals surface area contributed by atoms with Gasteiger partial charge < -0.3 is 35.6 Å². The number of anilines is 3. The van der Waals surface area contributed by atoms with Crippen LogP contribution in [-0.2, 0) is 19.1 Å². The Labute approximate surface area is 295 Å². The first kappa shape index (κ1) is 33.3. The Bertz CT molecular complexity index is 2170. The fourth-order valence-corrected chi connectivity index (χ4v) is 8.42. The molecule has 0 fully saturated rings. The first-order valence-electron chi connectivity index (χ1n) is 14.6. The van der Waals surface area contributed by atoms with E-state index < -0.39 is 6.10 Å². The van der Waals surface area contributed by atoms with E-state index in [-0.39, 0.29) is 43.6 Å². The van der Waals surface area contributed by atoms with E-state index in [1.807, 2.05) is 54.6 Å². The first-order valence-corrected chi connectivity index (χ1v) is 18.2. The molecule has 0 aliphatic carbocycles. The molecular weight excluding hydrogens is 713 g/mol. The van der Waals surface area contributed by atoms with E-state index in [9.17, 15) is 14.4 Å². The van der Waals surface area contributed by atoms with E-state index in [0.29, 0.717) is 41.8 Å². The number of fused-ring (bicyclic) bond motifs is 3. The summed E-state index contributed by atoms with van der Waals surface area (Å²) in [6, 6.07) is 16.7. The maximum atomic E-state index is 12.9. The van der Waals surface area contributed by atoms with E-state index in [0.717, 1.165) is 30.6 Å². The molecule has 0 saturated carbocycles. The van der Waals surface area contributed by atoms with E-state index in [4.69, 9.17) is 41.4 Å². The molecule has 0 aliphatic rings. The Morgan fingerprint density at radius 3 is 1.34 bits per heavy atom. The maximum Gasteiger partial charge on any atom is 0.226 e. The number of nitrogens with one attached hydrogen (secondary N) is 6. The van der Waals surface area contributed by atoms with Crippen molar-refractivity contribution in [2.75, 3.05) is 22.6 Å². The van der Waals surface area contributed by atoms with Gasteiger partial charge in [-0.15, -0.1) is 34.0 Å². The fraction of sp³-hybridized carbons (Fsp3) is 0.226. The molecule has 3 aromatic carbocycles. The molecule has 6 N–H and O–H groups in total. The Balaban J connectivity index is 1.04. The zero-order chi connectivity index (χ0) is 32.9. The Hall–Kier alpha value is -3.64. The molecule has 0 aliphatic heterocycles. The van der Waals surface area contributed by atoms with Gasteiger partial charge in [0, 0.05) is 29.9 Å². The lowest BCUT2D eigenvalue weighted by molar-refractivity contribution is -0.120. The molecular formula is C31H28N6O4S6. The van der Waals surface area contributed by atoms with Crippen LogP contribution in [0.5, 0.6) is 0 Å². The summed E-state index contributed by atoms with van der Waals surface area (Å²) in [5.41, 5.74) is 4.78. The second kappa shape index (κ2) is 15.1. The van der Waals surface area contributed by atoms with Crippen molar-refractivity contribution in [1.82, 2.24) is 15.0 Å². The topological polar surface area (TPSA) is 144 Å². The summed E-state index contributed by atoms with van der Waals surface area (Å²) < 4.78 is 11.0. The van der Waals surface area contributed by atoms with Gasteiger partial charge in [-0.3, -0.25) is 14.4 Å². The van der Waals surface area contributed by atoms with Gasteiger partial charge in [0.25, 0.3) is 0 Å². The van der Waals surface area contributed by atoms with E-state index in [1.54, 1.807) is 0 Å². The first-order chi connectivity index (χ1) is 22.7. The summed E-state index contributed by atoms with van der Waals surface area (Å²) in [6.07, 6.45) is 0.797. The monoisotopic (exact) mass is 740 g/mol. The highest BCUT2D eigenvalue weighted by molar-refractivity contribution is 7.74. The molecule has 10 nitrogen and oxygen atoms in total. The van der Waals surface area contributed by atoms with Crippen LogP contribution in [0.3, 0.4) is 0 Å². The van der Waals surface area contributed by atoms with Crippen LogP contribution in [0.2, 0.25) is 0 Å². The molecule has 0 saturated heterocycles. The zero-order valence-electron chi connectivity index (χ0n) is 24.6. The molecule has 16 heteroatoms. The quantitative estimate of drug-likeness (QED) is 0.0649. The molecule has 0 unspecified atom stereocenters. The lowest BCUT2D eigenvalue weighted by Crippen LogP contribution is -2.23. The average Bonchev–Trinajstić information content (AvgIpc) is 3.71. The van der Waals surface area contributed by atoms with Crippen LogP contribution in [-0.4, -0.2) is 45.4 Å². The van der Waals surface area contributed by atoms with Crippen LogP contribution in [0, 0.1) is 11.9 Å². The van der Waals surface area contributed by atoms with Crippen molar-refractivity contribution in [3.63, 3.8) is 0 Å². The second-order valence-electron chi connectivity index (χ2n) is 10.6. The highest BCUT2D eigenvalue weighted by Crippen LogP contribution is 2.26. The number of aromatic amines is 3. The van der Waals surface area contributed by atoms with Gasteiger partial charge in [0.15, 0.2) is 11.9 Å². The van der Waals surface area contributed by atoms with E-state index in [1.165, 1.54) is 34.0 Å². The van der Waals surface area contributed by atoms with Gasteiger partial charge in [0.2, 0.25) is 17.7 Å². The molecule has 6 rings (SSSR count). The molecule has 3 aromatic heterocycles. The summed E-state index contributed by atoms with van der Waals surface area (Å²) in [7, 11) is 0. The third-order valence-electron chi connectivity index (χ3n) is 7.18. The number of hydrogen-bond acceptors (Lipinski definition) is 10. The van der Waals surface area contributed by atoms with Crippen molar-refractivity contribution in [3.8, 4) is 0 Å². The summed E-state index contributed by atoms with van der Waals surface area (Å²) in [5.74, 6) is -0.556. The number of benzene rings is 3. The fourth-order valence-electron chi connectivity index (χ4n) is 4.95. The molecule has 0 radical (unpaired) electrons. The van der Waals surface area contributed by atoms with Crippen molar-refractivity contribution >= 4 is 136 Å². The SMILES string of the molecule is O=C(CCOC(CCC(=O)Nc1ccc2[nH]c(=S)sc2c1)CCC(=O)Nc1ccc2[nH]c(=S)sc2c1)Nc1ccc2[nH]c(=S)sc2c1. The minimum Gasteiger partial charge on any atom is -0.378 e. The van der Waals surface area contributed by atoms with Crippen LogP contribution in [0.25, 0.3) is 30.6 Å². The average molecular weight is 741 g/mol. The largest absolute Gasteiger partial charge is 0.378 e. The van der Waals surface area contributed by atoms with Crippen LogP contribution < -0.4 is 16.0 Å². The van der Waals surface area contributed by atoms with Gasteiger partial charge in [-0.25, -0.2) is 0 Å². The molecule has 0 spiro atoms. The highest BCUT2D eigenvalue weighted by atomic mass is 32.2. The predicted octanol–water partition coefficient (Wildman–Crippen LogP) is 9.06. The Morgan fingerprint density at radius 1 is 0.596 bits per heavy atom. The molecule has 0 atom stereocenters. The minimum absolute atomic E-state index is 0.112. The molecule has 3 amide bonds. The molecule has 3 heterocycles. The normalized spacial score (nSPS) is 11.4. The predicted molar refractivity (Wildman–Crippen MR) is 200 cm³/mol. The van der Waals surface area contributed by atoms with Gasteiger partial charge in [0.05, 0.1) is 49.8 Å². The number of H-pyrrole nitrogens is 3. The smallest absolute Gasteiger partial charge is 0.226 e. The van der Waals surface area contributed by atoms with Crippen LogP contribution in [0.15, 0.2) is 54.6 Å². The third-order valence-corrected chi connectivity index (χ3v) is 10.8. The zero-order valence-corrected chi connectivity index (χ0v) is 29.5. The number of carbonyl (C=O) groups excluding carboxylic acids is 3. The number of amides is 3. The van der Waals surface area contributed by atoms with E-state index in [2.05, 4.69) is 30.9 Å². The number of carbonyl (C=O) groups is 3. The van der Waals surface area contributed by atoms with Gasteiger partial charge >= 0.3 is 0 Å². The summed E-state index contributed by atoms with van der Waals surface area (Å²) in [6.45, 7) is 0.134. The van der Waals surface area contributed by atoms with Crippen LogP contribution in [0.1, 0.15) is 32.1 Å². The van der Waals surface area contributed by atoms with Gasteiger partial charge in [-0.1, -0.05) is 0 Å². The lowest BCUT2D eigenvalue weighted by Gasteiger charge is -2.18. The number of ether oxygens (including phenoxy) is 1. The van der Waals surface area contributed by atoms with Crippen molar-refractivity contribution in [2.24, 2.45) is 0 Å². The van der Waals surface area contributed by atoms with Crippen molar-refractivity contribution < 1.29 is 19.1 Å². The maximum absolute atomic E-state index is 12.9. The third kappa shape index (κ3) is 9.04. The highest BCUT2D eigenvalue weighted by Gasteiger charge is 2.16. The number of rotatable bonds is 13. The number of aromatic nitrogens is 3. The lowest BCUT2D eigenvalue weighted by atomic mass is 10.1. The van der Waals surface area contributed by atoms with Crippen molar-refractivity contribution in [2.45, 2.75) is 38.2 Å². The summed E-state index contributed by atoms with van der Waals surface area (Å²) >= 11 is 20.0. The second-order valence-corrected chi connectivity index (χ2v) is 15.8. The minimum atomic E-state index is -0.419. The number of thiazole rings is 3. The number of hydrogen-bond donors (Lipinski definition) is 6. The van der Waals surface area contributed by atoms with Gasteiger partial charge in [-0.2, -0.15) is 0 Å². The summed E-state index contributed by atoms with van der Waals surface area (Å²) in [5, 5.41) is 8.76. The Kier molecular flexibility index (Phi) is 10.7. The summed E-state index contributed by atoms with van der Waals surface area (Å²) in [4.78, 5) is 47.8.